The molecule has 0 amide bonds. The molecule has 2 unspecified atom stereocenters. The minimum atomic E-state index is -0.250. The Morgan fingerprint density at radius 1 is 1.31 bits per heavy atom. The van der Waals surface area contributed by atoms with Crippen LogP contribution in [0.4, 0.5) is 0 Å². The fourth-order valence-electron chi connectivity index (χ4n) is 2.69. The van der Waals surface area contributed by atoms with Gasteiger partial charge < -0.3 is 14.8 Å². The maximum atomic E-state index is 5.82. The van der Waals surface area contributed by atoms with E-state index in [2.05, 4.69) is 26.2 Å². The highest BCUT2D eigenvalue weighted by Crippen LogP contribution is 2.41. The molecular weight excluding hydrogens is 222 g/mol. The van der Waals surface area contributed by atoms with Gasteiger partial charge in [0.1, 0.15) is 0 Å². The molecule has 0 aromatic heterocycles. The van der Waals surface area contributed by atoms with Gasteiger partial charge in [0.2, 0.25) is 0 Å². The SMILES string of the molecule is CNC1CCC2(CC1SC(C)C)OCCO2. The van der Waals surface area contributed by atoms with E-state index in [4.69, 9.17) is 9.47 Å². The summed E-state index contributed by atoms with van der Waals surface area (Å²) < 4.78 is 11.6. The van der Waals surface area contributed by atoms with Gasteiger partial charge in [-0.15, -0.1) is 0 Å². The normalized spacial score (nSPS) is 33.8. The van der Waals surface area contributed by atoms with Gasteiger partial charge in [-0.05, 0) is 18.7 Å². The lowest BCUT2D eigenvalue weighted by atomic mass is 9.89. The van der Waals surface area contributed by atoms with Crippen LogP contribution in [-0.2, 0) is 9.47 Å². The van der Waals surface area contributed by atoms with Crippen LogP contribution in [0.3, 0.4) is 0 Å². The Morgan fingerprint density at radius 2 is 2.00 bits per heavy atom. The molecule has 1 N–H and O–H groups in total. The maximum absolute atomic E-state index is 5.82. The molecule has 2 aliphatic rings. The van der Waals surface area contributed by atoms with Crippen LogP contribution >= 0.6 is 11.8 Å². The lowest BCUT2D eigenvalue weighted by Gasteiger charge is -2.41. The number of rotatable bonds is 3. The van der Waals surface area contributed by atoms with Gasteiger partial charge in [-0.25, -0.2) is 0 Å². The number of hydrogen-bond acceptors (Lipinski definition) is 4. The molecule has 3 nitrogen and oxygen atoms in total. The minimum absolute atomic E-state index is 0.250. The molecule has 1 saturated heterocycles. The topological polar surface area (TPSA) is 30.5 Å². The second-order valence-electron chi connectivity index (χ2n) is 4.97. The number of ether oxygens (including phenoxy) is 2. The number of hydrogen-bond donors (Lipinski definition) is 1. The molecule has 1 aliphatic carbocycles. The van der Waals surface area contributed by atoms with E-state index in [1.54, 1.807) is 0 Å². The summed E-state index contributed by atoms with van der Waals surface area (Å²) in [5.41, 5.74) is 0. The van der Waals surface area contributed by atoms with Gasteiger partial charge in [0.15, 0.2) is 5.79 Å². The smallest absolute Gasteiger partial charge is 0.169 e. The zero-order valence-electron chi connectivity index (χ0n) is 10.5. The molecule has 2 rings (SSSR count). The van der Waals surface area contributed by atoms with Crippen molar-refractivity contribution in [3.63, 3.8) is 0 Å². The fourth-order valence-corrected chi connectivity index (χ4v) is 4.21. The van der Waals surface area contributed by atoms with E-state index in [1.165, 1.54) is 0 Å². The Morgan fingerprint density at radius 3 is 2.56 bits per heavy atom. The highest BCUT2D eigenvalue weighted by atomic mass is 32.2. The van der Waals surface area contributed by atoms with Crippen molar-refractivity contribution in [2.45, 2.75) is 55.4 Å². The molecule has 16 heavy (non-hydrogen) atoms. The van der Waals surface area contributed by atoms with Crippen molar-refractivity contribution < 1.29 is 9.47 Å². The standard InChI is InChI=1S/C12H23NO2S/c1-9(2)16-11-8-12(14-6-7-15-12)5-4-10(11)13-3/h9-11,13H,4-8H2,1-3H3. The second kappa shape index (κ2) is 5.25. The van der Waals surface area contributed by atoms with Crippen LogP contribution in [0.15, 0.2) is 0 Å². The van der Waals surface area contributed by atoms with E-state index in [-0.39, 0.29) is 5.79 Å². The predicted molar refractivity (Wildman–Crippen MR) is 67.8 cm³/mol. The van der Waals surface area contributed by atoms with Crippen molar-refractivity contribution in [1.82, 2.24) is 5.32 Å². The molecule has 1 saturated carbocycles. The van der Waals surface area contributed by atoms with Gasteiger partial charge >= 0.3 is 0 Å². The van der Waals surface area contributed by atoms with E-state index < -0.39 is 0 Å². The summed E-state index contributed by atoms with van der Waals surface area (Å²) in [7, 11) is 2.06. The Kier molecular flexibility index (Phi) is 4.16. The third-order valence-corrected chi connectivity index (χ3v) is 4.82. The second-order valence-corrected chi connectivity index (χ2v) is 6.79. The zero-order valence-corrected chi connectivity index (χ0v) is 11.3. The lowest BCUT2D eigenvalue weighted by molar-refractivity contribution is -0.177. The Hall–Kier alpha value is 0.230. The van der Waals surface area contributed by atoms with Gasteiger partial charge in [0.25, 0.3) is 0 Å². The number of thioether (sulfide) groups is 1. The van der Waals surface area contributed by atoms with Crippen molar-refractivity contribution in [3.05, 3.63) is 0 Å². The fraction of sp³-hybridized carbons (Fsp3) is 1.00. The first kappa shape index (κ1) is 12.7. The molecule has 1 aliphatic heterocycles. The summed E-state index contributed by atoms with van der Waals surface area (Å²) in [6, 6.07) is 0.603. The summed E-state index contributed by atoms with van der Waals surface area (Å²) in [5, 5.41) is 4.71. The van der Waals surface area contributed by atoms with E-state index in [9.17, 15) is 0 Å². The van der Waals surface area contributed by atoms with E-state index in [0.717, 1.165) is 32.5 Å². The first-order chi connectivity index (χ1) is 7.65. The van der Waals surface area contributed by atoms with Crippen molar-refractivity contribution in [2.24, 2.45) is 0 Å². The summed E-state index contributed by atoms with van der Waals surface area (Å²) in [5.74, 6) is -0.250. The third-order valence-electron chi connectivity index (χ3n) is 3.43. The van der Waals surface area contributed by atoms with Gasteiger partial charge in [-0.1, -0.05) is 13.8 Å². The van der Waals surface area contributed by atoms with Crippen molar-refractivity contribution >= 4 is 11.8 Å². The van der Waals surface area contributed by atoms with Crippen LogP contribution in [0.2, 0.25) is 0 Å². The molecule has 2 fully saturated rings. The number of nitrogens with one attached hydrogen (secondary N) is 1. The molecule has 0 aromatic carbocycles. The summed E-state index contributed by atoms with van der Waals surface area (Å²) in [6.45, 7) is 6.05. The highest BCUT2D eigenvalue weighted by molar-refractivity contribution is 8.00. The largest absolute Gasteiger partial charge is 0.347 e. The van der Waals surface area contributed by atoms with Gasteiger partial charge in [0, 0.05) is 24.1 Å². The molecular formula is C12H23NO2S. The third kappa shape index (κ3) is 2.73. The van der Waals surface area contributed by atoms with E-state index >= 15 is 0 Å². The first-order valence-corrected chi connectivity index (χ1v) is 7.20. The van der Waals surface area contributed by atoms with Crippen molar-refractivity contribution in [1.29, 1.82) is 0 Å². The van der Waals surface area contributed by atoms with Gasteiger partial charge in [0.05, 0.1) is 13.2 Å². The maximum Gasteiger partial charge on any atom is 0.169 e. The molecule has 0 bridgehead atoms. The van der Waals surface area contributed by atoms with Gasteiger partial charge in [-0.2, -0.15) is 11.8 Å². The van der Waals surface area contributed by atoms with Crippen molar-refractivity contribution in [3.8, 4) is 0 Å². The Bertz CT molecular complexity index is 229. The average molecular weight is 245 g/mol. The monoisotopic (exact) mass is 245 g/mol. The molecule has 0 radical (unpaired) electrons. The summed E-state index contributed by atoms with van der Waals surface area (Å²) >= 11 is 2.05. The van der Waals surface area contributed by atoms with Crippen LogP contribution in [0, 0.1) is 0 Å². The summed E-state index contributed by atoms with van der Waals surface area (Å²) in [6.07, 6.45) is 3.22. The molecule has 94 valence electrons. The minimum Gasteiger partial charge on any atom is -0.347 e. The lowest BCUT2D eigenvalue weighted by Crippen LogP contribution is -2.49. The van der Waals surface area contributed by atoms with Gasteiger partial charge in [-0.3, -0.25) is 0 Å². The molecule has 1 heterocycles. The highest BCUT2D eigenvalue weighted by Gasteiger charge is 2.45. The molecule has 2 atom stereocenters. The first-order valence-electron chi connectivity index (χ1n) is 6.26. The van der Waals surface area contributed by atoms with Crippen LogP contribution in [-0.4, -0.2) is 42.6 Å². The Balaban J connectivity index is 1.99. The average Bonchev–Trinajstić information content (AvgIpc) is 2.66. The van der Waals surface area contributed by atoms with Crippen LogP contribution in [0.5, 0.6) is 0 Å². The quantitative estimate of drug-likeness (QED) is 0.824. The molecule has 1 spiro atoms. The van der Waals surface area contributed by atoms with E-state index in [1.807, 2.05) is 11.8 Å². The summed E-state index contributed by atoms with van der Waals surface area (Å²) in [4.78, 5) is 0. The van der Waals surface area contributed by atoms with Crippen LogP contribution in [0.1, 0.15) is 33.1 Å². The molecule has 4 heteroatoms. The van der Waals surface area contributed by atoms with Crippen molar-refractivity contribution in [2.75, 3.05) is 20.3 Å². The Labute approximate surface area is 103 Å². The predicted octanol–water partition coefficient (Wildman–Crippen LogP) is 2.01. The zero-order chi connectivity index (χ0) is 11.6. The molecule has 0 aromatic rings. The van der Waals surface area contributed by atoms with E-state index in [0.29, 0.717) is 16.5 Å². The van der Waals surface area contributed by atoms with Crippen LogP contribution < -0.4 is 5.32 Å². The van der Waals surface area contributed by atoms with Crippen LogP contribution in [0.25, 0.3) is 0 Å².